The lowest BCUT2D eigenvalue weighted by Gasteiger charge is -2.27. The first-order valence-corrected chi connectivity index (χ1v) is 7.53. The zero-order valence-electron chi connectivity index (χ0n) is 12.4. The average molecular weight is 275 g/mol. The first kappa shape index (κ1) is 15.0. The van der Waals surface area contributed by atoms with Crippen LogP contribution in [0.5, 0.6) is 0 Å². The normalized spacial score (nSPS) is 22.5. The van der Waals surface area contributed by atoms with Crippen molar-refractivity contribution >= 4 is 11.6 Å². The molecule has 0 bridgehead atoms. The van der Waals surface area contributed by atoms with Crippen LogP contribution in [0.3, 0.4) is 0 Å². The molecule has 20 heavy (non-hydrogen) atoms. The lowest BCUT2D eigenvalue weighted by molar-refractivity contribution is -0.120. The smallest absolute Gasteiger partial charge is 0.227 e. The quantitative estimate of drug-likeness (QED) is 0.771. The minimum atomic E-state index is 0.128. The summed E-state index contributed by atoms with van der Waals surface area (Å²) in [5, 5.41) is 9.72. The standard InChI is InChI=1S/C16H25N3O/c1-3-17-11-13-5-4-6-15(10-13)19-16(20)14-7-8-18-12(2)9-14/h4-6,10,12,14,17-18H,3,7-9,11H2,1-2H3,(H,19,20)/t12-,14-/m0/s1. The summed E-state index contributed by atoms with van der Waals surface area (Å²) in [6.07, 6.45) is 1.84. The molecule has 1 saturated heterocycles. The third-order valence-corrected chi connectivity index (χ3v) is 3.77. The van der Waals surface area contributed by atoms with E-state index in [4.69, 9.17) is 0 Å². The van der Waals surface area contributed by atoms with E-state index in [1.165, 1.54) is 5.56 Å². The van der Waals surface area contributed by atoms with Crippen molar-refractivity contribution < 1.29 is 4.79 Å². The Morgan fingerprint density at radius 3 is 3.05 bits per heavy atom. The van der Waals surface area contributed by atoms with Gasteiger partial charge in [0.25, 0.3) is 0 Å². The Morgan fingerprint density at radius 2 is 2.30 bits per heavy atom. The summed E-state index contributed by atoms with van der Waals surface area (Å²) >= 11 is 0. The molecule has 0 aromatic heterocycles. The first-order chi connectivity index (χ1) is 9.69. The molecule has 1 fully saturated rings. The molecular weight excluding hydrogens is 250 g/mol. The Bertz CT molecular complexity index is 447. The summed E-state index contributed by atoms with van der Waals surface area (Å²) in [6, 6.07) is 8.50. The molecule has 1 aliphatic rings. The highest BCUT2D eigenvalue weighted by Crippen LogP contribution is 2.19. The molecule has 2 rings (SSSR count). The van der Waals surface area contributed by atoms with Gasteiger partial charge in [-0.1, -0.05) is 19.1 Å². The van der Waals surface area contributed by atoms with E-state index in [9.17, 15) is 4.79 Å². The van der Waals surface area contributed by atoms with Gasteiger partial charge in [-0.25, -0.2) is 0 Å². The lowest BCUT2D eigenvalue weighted by Crippen LogP contribution is -2.40. The minimum Gasteiger partial charge on any atom is -0.326 e. The van der Waals surface area contributed by atoms with Gasteiger partial charge < -0.3 is 16.0 Å². The van der Waals surface area contributed by atoms with E-state index in [0.29, 0.717) is 6.04 Å². The second-order valence-electron chi connectivity index (χ2n) is 5.55. The van der Waals surface area contributed by atoms with Crippen molar-refractivity contribution in [2.75, 3.05) is 18.4 Å². The largest absolute Gasteiger partial charge is 0.326 e. The fourth-order valence-corrected chi connectivity index (χ4v) is 2.64. The van der Waals surface area contributed by atoms with Crippen molar-refractivity contribution in [3.05, 3.63) is 29.8 Å². The molecule has 1 aliphatic heterocycles. The molecule has 4 nitrogen and oxygen atoms in total. The molecule has 0 saturated carbocycles. The monoisotopic (exact) mass is 275 g/mol. The van der Waals surface area contributed by atoms with Gasteiger partial charge in [0, 0.05) is 24.2 Å². The van der Waals surface area contributed by atoms with Crippen LogP contribution in [-0.2, 0) is 11.3 Å². The summed E-state index contributed by atoms with van der Waals surface area (Å²) in [5.41, 5.74) is 2.10. The Labute approximate surface area is 121 Å². The van der Waals surface area contributed by atoms with Crippen molar-refractivity contribution in [3.8, 4) is 0 Å². The van der Waals surface area contributed by atoms with Gasteiger partial charge in [-0.15, -0.1) is 0 Å². The Kier molecular flexibility index (Phi) is 5.56. The van der Waals surface area contributed by atoms with Gasteiger partial charge in [0.1, 0.15) is 0 Å². The van der Waals surface area contributed by atoms with E-state index >= 15 is 0 Å². The number of carbonyl (C=O) groups excluding carboxylic acids is 1. The van der Waals surface area contributed by atoms with E-state index in [0.717, 1.165) is 38.2 Å². The SMILES string of the molecule is CCNCc1cccc(NC(=O)[C@H]2CCN[C@@H](C)C2)c1. The Morgan fingerprint density at radius 1 is 1.45 bits per heavy atom. The van der Waals surface area contributed by atoms with Crippen molar-refractivity contribution in [1.82, 2.24) is 10.6 Å². The van der Waals surface area contributed by atoms with Gasteiger partial charge in [0.15, 0.2) is 0 Å². The predicted octanol–water partition coefficient (Wildman–Crippen LogP) is 2.12. The maximum Gasteiger partial charge on any atom is 0.227 e. The molecule has 1 heterocycles. The van der Waals surface area contributed by atoms with Gasteiger partial charge in [-0.05, 0) is 50.6 Å². The molecule has 4 heteroatoms. The van der Waals surface area contributed by atoms with E-state index in [-0.39, 0.29) is 11.8 Å². The topological polar surface area (TPSA) is 53.2 Å². The number of benzene rings is 1. The molecule has 1 amide bonds. The first-order valence-electron chi connectivity index (χ1n) is 7.53. The average Bonchev–Trinajstić information content (AvgIpc) is 2.45. The molecular formula is C16H25N3O. The van der Waals surface area contributed by atoms with Gasteiger partial charge in [-0.2, -0.15) is 0 Å². The fourth-order valence-electron chi connectivity index (χ4n) is 2.64. The molecule has 110 valence electrons. The number of piperidine rings is 1. The van der Waals surface area contributed by atoms with Gasteiger partial charge >= 0.3 is 0 Å². The highest BCUT2D eigenvalue weighted by molar-refractivity contribution is 5.92. The fraction of sp³-hybridized carbons (Fsp3) is 0.562. The second-order valence-corrected chi connectivity index (χ2v) is 5.55. The molecule has 0 aliphatic carbocycles. The maximum absolute atomic E-state index is 12.3. The van der Waals surface area contributed by atoms with Crippen molar-refractivity contribution in [2.45, 2.75) is 39.3 Å². The van der Waals surface area contributed by atoms with Gasteiger partial charge in [0.05, 0.1) is 0 Å². The predicted molar refractivity (Wildman–Crippen MR) is 82.6 cm³/mol. The number of anilines is 1. The highest BCUT2D eigenvalue weighted by Gasteiger charge is 2.24. The number of carbonyl (C=O) groups is 1. The Balaban J connectivity index is 1.93. The van der Waals surface area contributed by atoms with E-state index in [1.54, 1.807) is 0 Å². The van der Waals surface area contributed by atoms with Crippen LogP contribution in [0.15, 0.2) is 24.3 Å². The number of rotatable bonds is 5. The third kappa shape index (κ3) is 4.32. The zero-order valence-corrected chi connectivity index (χ0v) is 12.4. The van der Waals surface area contributed by atoms with E-state index in [1.807, 2.05) is 18.2 Å². The van der Waals surface area contributed by atoms with E-state index in [2.05, 4.69) is 35.9 Å². The third-order valence-electron chi connectivity index (χ3n) is 3.77. The van der Waals surface area contributed by atoms with Crippen LogP contribution in [0.2, 0.25) is 0 Å². The zero-order chi connectivity index (χ0) is 14.4. The van der Waals surface area contributed by atoms with Crippen LogP contribution >= 0.6 is 0 Å². The van der Waals surface area contributed by atoms with E-state index < -0.39 is 0 Å². The molecule has 2 atom stereocenters. The van der Waals surface area contributed by atoms with Crippen LogP contribution in [0.4, 0.5) is 5.69 Å². The van der Waals surface area contributed by atoms with Crippen LogP contribution in [0.25, 0.3) is 0 Å². The van der Waals surface area contributed by atoms with Crippen molar-refractivity contribution in [1.29, 1.82) is 0 Å². The minimum absolute atomic E-state index is 0.128. The summed E-state index contributed by atoms with van der Waals surface area (Å²) in [4.78, 5) is 12.3. The van der Waals surface area contributed by atoms with Gasteiger partial charge in [0.2, 0.25) is 5.91 Å². The highest BCUT2D eigenvalue weighted by atomic mass is 16.1. The van der Waals surface area contributed by atoms with Crippen LogP contribution in [0, 0.1) is 5.92 Å². The number of hydrogen-bond donors (Lipinski definition) is 3. The number of amides is 1. The Hall–Kier alpha value is -1.39. The maximum atomic E-state index is 12.3. The summed E-state index contributed by atoms with van der Waals surface area (Å²) < 4.78 is 0. The number of hydrogen-bond acceptors (Lipinski definition) is 3. The van der Waals surface area contributed by atoms with Crippen molar-refractivity contribution in [2.24, 2.45) is 5.92 Å². The molecule has 1 aromatic rings. The summed E-state index contributed by atoms with van der Waals surface area (Å²) in [6.45, 7) is 6.94. The van der Waals surface area contributed by atoms with Crippen molar-refractivity contribution in [3.63, 3.8) is 0 Å². The summed E-state index contributed by atoms with van der Waals surface area (Å²) in [5.74, 6) is 0.280. The van der Waals surface area contributed by atoms with Crippen LogP contribution in [0.1, 0.15) is 32.3 Å². The molecule has 0 unspecified atom stereocenters. The summed E-state index contributed by atoms with van der Waals surface area (Å²) in [7, 11) is 0. The molecule has 3 N–H and O–H groups in total. The van der Waals surface area contributed by atoms with Crippen LogP contribution < -0.4 is 16.0 Å². The van der Waals surface area contributed by atoms with Gasteiger partial charge in [-0.3, -0.25) is 4.79 Å². The molecule has 0 radical (unpaired) electrons. The second kappa shape index (κ2) is 7.41. The molecule has 0 spiro atoms. The lowest BCUT2D eigenvalue weighted by atomic mass is 9.92. The number of nitrogens with one attached hydrogen (secondary N) is 3. The van der Waals surface area contributed by atoms with Crippen LogP contribution in [-0.4, -0.2) is 25.0 Å². The molecule has 1 aromatic carbocycles.